The number of nitrogens with one attached hydrogen (secondary N) is 1. The molecule has 0 bridgehead atoms. The molecule has 1 heterocycles. The van der Waals surface area contributed by atoms with Crippen LogP contribution in [0.15, 0.2) is 24.3 Å². The topological polar surface area (TPSA) is 66.5 Å². The molecule has 20 heavy (non-hydrogen) atoms. The van der Waals surface area contributed by atoms with Gasteiger partial charge in [-0.1, -0.05) is 17.7 Å². The molecule has 0 radical (unpaired) electrons. The fourth-order valence-electron chi connectivity index (χ4n) is 2.39. The highest BCUT2D eigenvalue weighted by Gasteiger charge is 2.25. The van der Waals surface area contributed by atoms with Crippen LogP contribution >= 0.6 is 0 Å². The normalized spacial score (nSPS) is 17.9. The van der Waals surface area contributed by atoms with E-state index in [1.807, 2.05) is 25.1 Å². The van der Waals surface area contributed by atoms with E-state index in [0.29, 0.717) is 31.5 Å². The summed E-state index contributed by atoms with van der Waals surface area (Å²) in [6.07, 6.45) is 2.54. The number of aryl methyl sites for hydroxylation is 1. The Hall–Kier alpha value is -1.40. The SMILES string of the molecule is Cc1cccc(C(=O)NC2CCN(S(C)(=O)=O)CC2)c1. The lowest BCUT2D eigenvalue weighted by Crippen LogP contribution is -2.46. The van der Waals surface area contributed by atoms with Gasteiger partial charge < -0.3 is 5.32 Å². The summed E-state index contributed by atoms with van der Waals surface area (Å²) in [6, 6.07) is 7.48. The molecule has 0 saturated carbocycles. The Labute approximate surface area is 120 Å². The molecule has 0 atom stereocenters. The number of sulfonamides is 1. The van der Waals surface area contributed by atoms with Crippen LogP contribution in [0.25, 0.3) is 0 Å². The smallest absolute Gasteiger partial charge is 0.251 e. The van der Waals surface area contributed by atoms with Crippen LogP contribution in [0.2, 0.25) is 0 Å². The third-order valence-corrected chi connectivity index (χ3v) is 4.84. The van der Waals surface area contributed by atoms with Gasteiger partial charge in [-0.3, -0.25) is 4.79 Å². The maximum absolute atomic E-state index is 12.1. The predicted octanol–water partition coefficient (Wildman–Crippen LogP) is 1.15. The van der Waals surface area contributed by atoms with Gasteiger partial charge in [-0.2, -0.15) is 0 Å². The van der Waals surface area contributed by atoms with Crippen molar-refractivity contribution in [2.24, 2.45) is 0 Å². The number of hydrogen-bond donors (Lipinski definition) is 1. The maximum Gasteiger partial charge on any atom is 0.251 e. The van der Waals surface area contributed by atoms with Gasteiger partial charge in [0.15, 0.2) is 0 Å². The second-order valence-electron chi connectivity index (χ2n) is 5.28. The Morgan fingerprint density at radius 3 is 2.50 bits per heavy atom. The summed E-state index contributed by atoms with van der Waals surface area (Å²) in [4.78, 5) is 12.1. The van der Waals surface area contributed by atoms with Crippen molar-refractivity contribution in [3.8, 4) is 0 Å². The molecule has 1 saturated heterocycles. The van der Waals surface area contributed by atoms with Crippen molar-refractivity contribution in [3.05, 3.63) is 35.4 Å². The third kappa shape index (κ3) is 3.80. The first kappa shape index (κ1) is 15.0. The van der Waals surface area contributed by atoms with E-state index in [1.165, 1.54) is 10.6 Å². The van der Waals surface area contributed by atoms with Gasteiger partial charge in [0.25, 0.3) is 5.91 Å². The highest BCUT2D eigenvalue weighted by atomic mass is 32.2. The lowest BCUT2D eigenvalue weighted by atomic mass is 10.1. The summed E-state index contributed by atoms with van der Waals surface area (Å²) in [5.74, 6) is -0.0912. The van der Waals surface area contributed by atoms with Crippen LogP contribution in [-0.4, -0.2) is 44.0 Å². The second kappa shape index (κ2) is 5.93. The molecule has 1 aliphatic heterocycles. The number of rotatable bonds is 3. The molecule has 0 spiro atoms. The molecular weight excluding hydrogens is 276 g/mol. The van der Waals surface area contributed by atoms with E-state index in [9.17, 15) is 13.2 Å². The van der Waals surface area contributed by atoms with Crippen molar-refractivity contribution >= 4 is 15.9 Å². The number of piperidine rings is 1. The van der Waals surface area contributed by atoms with Crippen LogP contribution < -0.4 is 5.32 Å². The predicted molar refractivity (Wildman–Crippen MR) is 78.1 cm³/mol. The van der Waals surface area contributed by atoms with E-state index < -0.39 is 10.0 Å². The molecular formula is C14H20N2O3S. The average molecular weight is 296 g/mol. The first-order chi connectivity index (χ1) is 9.36. The molecule has 5 nitrogen and oxygen atoms in total. The van der Waals surface area contributed by atoms with Gasteiger partial charge in [-0.05, 0) is 31.9 Å². The van der Waals surface area contributed by atoms with Crippen molar-refractivity contribution in [1.29, 1.82) is 0 Å². The molecule has 1 fully saturated rings. The zero-order valence-electron chi connectivity index (χ0n) is 11.8. The van der Waals surface area contributed by atoms with Gasteiger partial charge in [-0.25, -0.2) is 12.7 Å². The summed E-state index contributed by atoms with van der Waals surface area (Å²) in [5.41, 5.74) is 1.69. The lowest BCUT2D eigenvalue weighted by molar-refractivity contribution is 0.0924. The molecule has 110 valence electrons. The van der Waals surface area contributed by atoms with E-state index in [4.69, 9.17) is 0 Å². The van der Waals surface area contributed by atoms with Gasteiger partial charge in [-0.15, -0.1) is 0 Å². The summed E-state index contributed by atoms with van der Waals surface area (Å²) in [6.45, 7) is 2.89. The minimum absolute atomic E-state index is 0.0426. The first-order valence-corrected chi connectivity index (χ1v) is 8.54. The van der Waals surface area contributed by atoms with Crippen molar-refractivity contribution in [2.75, 3.05) is 19.3 Å². The number of carbonyl (C=O) groups is 1. The number of carbonyl (C=O) groups excluding carboxylic acids is 1. The van der Waals surface area contributed by atoms with Crippen LogP contribution in [0.1, 0.15) is 28.8 Å². The fraction of sp³-hybridized carbons (Fsp3) is 0.500. The van der Waals surface area contributed by atoms with Crippen molar-refractivity contribution < 1.29 is 13.2 Å². The molecule has 1 amide bonds. The Balaban J connectivity index is 1.91. The van der Waals surface area contributed by atoms with Crippen LogP contribution in [0.5, 0.6) is 0 Å². The van der Waals surface area contributed by atoms with Gasteiger partial charge >= 0.3 is 0 Å². The van der Waals surface area contributed by atoms with E-state index in [-0.39, 0.29) is 11.9 Å². The molecule has 0 aromatic heterocycles. The average Bonchev–Trinajstić information content (AvgIpc) is 2.38. The molecule has 1 N–H and O–H groups in total. The summed E-state index contributed by atoms with van der Waals surface area (Å²) >= 11 is 0. The van der Waals surface area contributed by atoms with Crippen LogP contribution in [0.3, 0.4) is 0 Å². The van der Waals surface area contributed by atoms with E-state index in [2.05, 4.69) is 5.32 Å². The van der Waals surface area contributed by atoms with Crippen LogP contribution in [-0.2, 0) is 10.0 Å². The minimum atomic E-state index is -3.11. The van der Waals surface area contributed by atoms with Gasteiger partial charge in [0.1, 0.15) is 0 Å². The zero-order chi connectivity index (χ0) is 14.8. The van der Waals surface area contributed by atoms with E-state index >= 15 is 0 Å². The second-order valence-corrected chi connectivity index (χ2v) is 7.26. The quantitative estimate of drug-likeness (QED) is 0.910. The summed E-state index contributed by atoms with van der Waals surface area (Å²) in [7, 11) is -3.11. The Kier molecular flexibility index (Phi) is 4.45. The van der Waals surface area contributed by atoms with E-state index in [0.717, 1.165) is 5.56 Å². The number of amides is 1. The lowest BCUT2D eigenvalue weighted by Gasteiger charge is -2.30. The molecule has 1 aliphatic rings. The largest absolute Gasteiger partial charge is 0.349 e. The standard InChI is InChI=1S/C14H20N2O3S/c1-11-4-3-5-12(10-11)14(17)15-13-6-8-16(9-7-13)20(2,18)19/h3-5,10,13H,6-9H2,1-2H3,(H,15,17). The van der Waals surface area contributed by atoms with Crippen molar-refractivity contribution in [2.45, 2.75) is 25.8 Å². The van der Waals surface area contributed by atoms with Gasteiger partial charge in [0.2, 0.25) is 10.0 Å². The molecule has 0 unspecified atom stereocenters. The summed E-state index contributed by atoms with van der Waals surface area (Å²) < 4.78 is 24.3. The first-order valence-electron chi connectivity index (χ1n) is 6.69. The van der Waals surface area contributed by atoms with Crippen molar-refractivity contribution in [1.82, 2.24) is 9.62 Å². The number of benzene rings is 1. The Morgan fingerprint density at radius 2 is 1.95 bits per heavy atom. The molecule has 2 rings (SSSR count). The monoisotopic (exact) mass is 296 g/mol. The van der Waals surface area contributed by atoms with Crippen LogP contribution in [0.4, 0.5) is 0 Å². The number of hydrogen-bond acceptors (Lipinski definition) is 3. The maximum atomic E-state index is 12.1. The highest BCUT2D eigenvalue weighted by Crippen LogP contribution is 2.14. The molecule has 0 aliphatic carbocycles. The molecule has 1 aromatic carbocycles. The highest BCUT2D eigenvalue weighted by molar-refractivity contribution is 7.88. The number of nitrogens with zero attached hydrogens (tertiary/aromatic N) is 1. The minimum Gasteiger partial charge on any atom is -0.349 e. The van der Waals surface area contributed by atoms with Crippen LogP contribution in [0, 0.1) is 6.92 Å². The Morgan fingerprint density at radius 1 is 1.30 bits per heavy atom. The fourth-order valence-corrected chi connectivity index (χ4v) is 3.26. The van der Waals surface area contributed by atoms with Crippen molar-refractivity contribution in [3.63, 3.8) is 0 Å². The molecule has 6 heteroatoms. The Bertz CT molecular complexity index is 590. The summed E-state index contributed by atoms with van der Waals surface area (Å²) in [5, 5.41) is 2.97. The molecule has 1 aromatic rings. The van der Waals surface area contributed by atoms with Gasteiger partial charge in [0.05, 0.1) is 6.26 Å². The van der Waals surface area contributed by atoms with Gasteiger partial charge in [0, 0.05) is 24.7 Å². The van der Waals surface area contributed by atoms with E-state index in [1.54, 1.807) is 6.07 Å². The zero-order valence-corrected chi connectivity index (χ0v) is 12.6. The third-order valence-electron chi connectivity index (χ3n) is 3.54.